The van der Waals surface area contributed by atoms with Crippen LogP contribution in [0.5, 0.6) is 0 Å². The van der Waals surface area contributed by atoms with Crippen molar-refractivity contribution < 1.29 is 69.6 Å². The summed E-state index contributed by atoms with van der Waals surface area (Å²) in [5.74, 6) is 0. The molecule has 3 rings (SSSR count). The Kier molecular flexibility index (Phi) is 7.97. The Morgan fingerprint density at radius 1 is 0.633 bits per heavy atom. The minimum Gasteiger partial charge on any atom is -0.388 e. The van der Waals surface area contributed by atoms with Crippen molar-refractivity contribution in [2.45, 2.75) is 79.9 Å². The van der Waals surface area contributed by atoms with Crippen LogP contribution in [-0.4, -0.2) is 146 Å². The predicted molar refractivity (Wildman–Crippen MR) is 89.2 cm³/mol. The van der Waals surface area contributed by atoms with Gasteiger partial charge in [0.2, 0.25) is 0 Å². The molecule has 3 heterocycles. The summed E-state index contributed by atoms with van der Waals surface area (Å²) in [6.07, 6.45) is -19.5. The lowest BCUT2D eigenvalue weighted by molar-refractivity contribution is -0.337. The summed E-state index contributed by atoms with van der Waals surface area (Å²) in [6.45, 7) is -1.08. The highest BCUT2D eigenvalue weighted by Crippen LogP contribution is 2.25. The third-order valence-corrected chi connectivity index (χ3v) is 5.31. The van der Waals surface area contributed by atoms with E-state index in [2.05, 4.69) is 0 Å². The van der Waals surface area contributed by atoms with Gasteiger partial charge in [0, 0.05) is 0 Å². The molecular formula is C16H28O14. The number of aliphatic hydroxyl groups is 9. The van der Waals surface area contributed by atoms with E-state index in [1.807, 2.05) is 0 Å². The van der Waals surface area contributed by atoms with Gasteiger partial charge in [-0.25, -0.2) is 0 Å². The standard InChI is InChI=1S/C16H28O14/c17-4-1-26-16(12(23)7(4)18)30-6-3-28-15(13(24)9(6)20)27-2-5-8(19)10(21)11(22)14(25)29-5/h4-25H,1-3H2/t4-,5-,6+,7+,8-,9+,10+,11-,12-,13-,14-,15-,16+/m1/s1. The van der Waals surface area contributed by atoms with Crippen LogP contribution in [0.15, 0.2) is 0 Å². The molecule has 9 N–H and O–H groups in total. The van der Waals surface area contributed by atoms with Gasteiger partial charge in [-0.2, -0.15) is 0 Å². The molecule has 176 valence electrons. The van der Waals surface area contributed by atoms with Crippen molar-refractivity contribution in [3.8, 4) is 0 Å². The fraction of sp³-hybridized carbons (Fsp3) is 1.00. The number of hydrogen-bond donors (Lipinski definition) is 9. The fourth-order valence-corrected chi connectivity index (χ4v) is 3.36. The summed E-state index contributed by atoms with van der Waals surface area (Å²) in [6, 6.07) is 0. The SMILES string of the molecule is O[C@@H]1[C@@H](O)[C@H](O)O[C@H](CO[C@@H]2OC[C@H](O[C@@H]3OC[C@@H](O)[C@H](O)[C@H]3O)[C@H](O)[C@H]2O)[C@H]1O. The molecule has 0 radical (unpaired) electrons. The van der Waals surface area contributed by atoms with E-state index in [1.54, 1.807) is 0 Å². The van der Waals surface area contributed by atoms with Crippen LogP contribution >= 0.6 is 0 Å². The molecule has 3 saturated heterocycles. The summed E-state index contributed by atoms with van der Waals surface area (Å²) in [5, 5.41) is 88.0. The third-order valence-electron chi connectivity index (χ3n) is 5.31. The van der Waals surface area contributed by atoms with Gasteiger partial charge in [0.25, 0.3) is 0 Å². The third kappa shape index (κ3) is 4.92. The Balaban J connectivity index is 1.50. The van der Waals surface area contributed by atoms with E-state index >= 15 is 0 Å². The molecular weight excluding hydrogens is 416 g/mol. The van der Waals surface area contributed by atoms with Gasteiger partial charge < -0.3 is 69.6 Å². The maximum Gasteiger partial charge on any atom is 0.186 e. The minimum atomic E-state index is -1.76. The lowest BCUT2D eigenvalue weighted by Gasteiger charge is -2.42. The number of hydrogen-bond acceptors (Lipinski definition) is 14. The smallest absolute Gasteiger partial charge is 0.186 e. The molecule has 0 aliphatic carbocycles. The fourth-order valence-electron chi connectivity index (χ4n) is 3.36. The highest BCUT2D eigenvalue weighted by molar-refractivity contribution is 4.90. The zero-order valence-corrected chi connectivity index (χ0v) is 15.7. The van der Waals surface area contributed by atoms with E-state index in [4.69, 9.17) is 23.7 Å². The minimum absolute atomic E-state index is 0.309. The highest BCUT2D eigenvalue weighted by atomic mass is 16.7. The molecule has 0 unspecified atom stereocenters. The quantitative estimate of drug-likeness (QED) is 0.192. The normalized spacial score (nSPS) is 52.9. The van der Waals surface area contributed by atoms with Crippen molar-refractivity contribution >= 4 is 0 Å². The van der Waals surface area contributed by atoms with E-state index < -0.39 is 86.5 Å². The van der Waals surface area contributed by atoms with Crippen LogP contribution in [0.3, 0.4) is 0 Å². The molecule has 13 atom stereocenters. The lowest BCUT2D eigenvalue weighted by Crippen LogP contribution is -2.61. The van der Waals surface area contributed by atoms with Gasteiger partial charge >= 0.3 is 0 Å². The molecule has 0 aromatic carbocycles. The summed E-state index contributed by atoms with van der Waals surface area (Å²) >= 11 is 0. The van der Waals surface area contributed by atoms with Gasteiger partial charge in [0.1, 0.15) is 61.0 Å². The van der Waals surface area contributed by atoms with Crippen LogP contribution in [0.2, 0.25) is 0 Å². The van der Waals surface area contributed by atoms with E-state index in [-0.39, 0.29) is 13.2 Å². The van der Waals surface area contributed by atoms with Gasteiger partial charge in [0.15, 0.2) is 18.9 Å². The second kappa shape index (κ2) is 9.93. The van der Waals surface area contributed by atoms with Crippen molar-refractivity contribution in [3.63, 3.8) is 0 Å². The maximum atomic E-state index is 10.3. The first-order chi connectivity index (χ1) is 14.1. The van der Waals surface area contributed by atoms with Crippen molar-refractivity contribution in [1.29, 1.82) is 0 Å². The summed E-state index contributed by atoms with van der Waals surface area (Å²) in [7, 11) is 0. The van der Waals surface area contributed by atoms with Gasteiger partial charge in [-0.1, -0.05) is 0 Å². The van der Waals surface area contributed by atoms with Gasteiger partial charge in [-0.3, -0.25) is 0 Å². The second-order valence-electron chi connectivity index (χ2n) is 7.48. The number of aliphatic hydroxyl groups excluding tert-OH is 9. The molecule has 14 heteroatoms. The molecule has 0 bridgehead atoms. The van der Waals surface area contributed by atoms with Crippen molar-refractivity contribution in [2.24, 2.45) is 0 Å². The van der Waals surface area contributed by atoms with Gasteiger partial charge in [-0.05, 0) is 0 Å². The first-order valence-corrected chi connectivity index (χ1v) is 9.40. The Morgan fingerprint density at radius 3 is 1.97 bits per heavy atom. The van der Waals surface area contributed by atoms with E-state index in [0.29, 0.717) is 0 Å². The van der Waals surface area contributed by atoms with Crippen molar-refractivity contribution in [3.05, 3.63) is 0 Å². The number of ether oxygens (including phenoxy) is 5. The lowest BCUT2D eigenvalue weighted by atomic mass is 9.99. The molecule has 3 fully saturated rings. The molecule has 14 nitrogen and oxygen atoms in total. The van der Waals surface area contributed by atoms with Crippen LogP contribution in [-0.2, 0) is 23.7 Å². The zero-order chi connectivity index (χ0) is 22.2. The molecule has 3 aliphatic rings. The maximum absolute atomic E-state index is 10.3. The summed E-state index contributed by atoms with van der Waals surface area (Å²) in [4.78, 5) is 0. The average molecular weight is 444 g/mol. The van der Waals surface area contributed by atoms with E-state index in [1.165, 1.54) is 0 Å². The molecule has 0 spiro atoms. The number of rotatable bonds is 5. The van der Waals surface area contributed by atoms with Crippen LogP contribution in [0.25, 0.3) is 0 Å². The molecule has 0 aromatic heterocycles. The van der Waals surface area contributed by atoms with E-state index in [9.17, 15) is 46.0 Å². The van der Waals surface area contributed by atoms with Crippen LogP contribution in [0, 0.1) is 0 Å². The molecule has 3 aliphatic heterocycles. The van der Waals surface area contributed by atoms with Gasteiger partial charge in [0.05, 0.1) is 19.8 Å². The van der Waals surface area contributed by atoms with Crippen LogP contribution in [0.4, 0.5) is 0 Å². The summed E-state index contributed by atoms with van der Waals surface area (Å²) < 4.78 is 25.9. The average Bonchev–Trinajstić information content (AvgIpc) is 2.72. The van der Waals surface area contributed by atoms with Crippen LogP contribution < -0.4 is 0 Å². The first-order valence-electron chi connectivity index (χ1n) is 9.40. The predicted octanol–water partition coefficient (Wildman–Crippen LogP) is -6.29. The topological polar surface area (TPSA) is 228 Å². The zero-order valence-electron chi connectivity index (χ0n) is 15.7. The van der Waals surface area contributed by atoms with Crippen molar-refractivity contribution in [2.75, 3.05) is 19.8 Å². The Labute approximate surface area is 170 Å². The summed E-state index contributed by atoms with van der Waals surface area (Å²) in [5.41, 5.74) is 0. The Morgan fingerprint density at radius 2 is 1.27 bits per heavy atom. The van der Waals surface area contributed by atoms with Crippen LogP contribution in [0.1, 0.15) is 0 Å². The monoisotopic (exact) mass is 444 g/mol. The second-order valence-corrected chi connectivity index (χ2v) is 7.48. The highest BCUT2D eigenvalue weighted by Gasteiger charge is 2.47. The Hall–Kier alpha value is -0.560. The van der Waals surface area contributed by atoms with Crippen molar-refractivity contribution in [1.82, 2.24) is 0 Å². The molecule has 0 saturated carbocycles. The Bertz CT molecular complexity index is 552. The molecule has 0 aromatic rings. The molecule has 30 heavy (non-hydrogen) atoms. The largest absolute Gasteiger partial charge is 0.388 e. The first kappa shape index (κ1) is 24.1. The molecule has 0 amide bonds. The van der Waals surface area contributed by atoms with Gasteiger partial charge in [-0.15, -0.1) is 0 Å². The van der Waals surface area contributed by atoms with E-state index in [0.717, 1.165) is 0 Å².